The Morgan fingerprint density at radius 2 is 1.89 bits per heavy atom. The Morgan fingerprint density at radius 1 is 1.11 bits per heavy atom. The molecule has 2 nitrogen and oxygen atoms in total. The number of hydrogen-bond acceptors (Lipinski definition) is 2. The SMILES string of the molecule is Cc1cc(C)cc(Cn2ccc(-c3ccsc3)n2)c1. The zero-order chi connectivity index (χ0) is 13.2. The number of benzene rings is 1. The molecule has 0 radical (unpaired) electrons. The molecule has 3 heteroatoms. The minimum Gasteiger partial charge on any atom is -0.268 e. The molecular weight excluding hydrogens is 252 g/mol. The summed E-state index contributed by atoms with van der Waals surface area (Å²) in [6, 6.07) is 10.8. The Labute approximate surface area is 117 Å². The van der Waals surface area contributed by atoms with Crippen LogP contribution in [0, 0.1) is 13.8 Å². The molecule has 0 bridgehead atoms. The molecule has 2 aromatic heterocycles. The van der Waals surface area contributed by atoms with Crippen LogP contribution in [0.25, 0.3) is 11.3 Å². The molecule has 0 atom stereocenters. The molecule has 0 aliphatic heterocycles. The molecule has 3 aromatic rings. The van der Waals surface area contributed by atoms with Gasteiger partial charge in [-0.2, -0.15) is 16.4 Å². The van der Waals surface area contributed by atoms with Crippen LogP contribution in [0.3, 0.4) is 0 Å². The first kappa shape index (κ1) is 12.2. The van der Waals surface area contributed by atoms with Gasteiger partial charge in [0.25, 0.3) is 0 Å². The summed E-state index contributed by atoms with van der Waals surface area (Å²) in [5, 5.41) is 8.84. The Hall–Kier alpha value is -1.87. The Balaban J connectivity index is 1.84. The number of rotatable bonds is 3. The summed E-state index contributed by atoms with van der Waals surface area (Å²) in [4.78, 5) is 0. The van der Waals surface area contributed by atoms with Crippen molar-refractivity contribution in [3.8, 4) is 11.3 Å². The van der Waals surface area contributed by atoms with Gasteiger partial charge in [0, 0.05) is 17.1 Å². The van der Waals surface area contributed by atoms with Crippen LogP contribution in [0.5, 0.6) is 0 Å². The van der Waals surface area contributed by atoms with Gasteiger partial charge in [-0.05, 0) is 36.9 Å². The Kier molecular flexibility index (Phi) is 3.22. The molecule has 0 aliphatic carbocycles. The van der Waals surface area contributed by atoms with Crippen molar-refractivity contribution >= 4 is 11.3 Å². The van der Waals surface area contributed by atoms with E-state index >= 15 is 0 Å². The van der Waals surface area contributed by atoms with Gasteiger partial charge < -0.3 is 0 Å². The van der Waals surface area contributed by atoms with E-state index in [1.54, 1.807) is 11.3 Å². The first-order chi connectivity index (χ1) is 9.20. The zero-order valence-electron chi connectivity index (χ0n) is 11.1. The van der Waals surface area contributed by atoms with E-state index in [0.717, 1.165) is 12.2 Å². The molecule has 0 spiro atoms. The van der Waals surface area contributed by atoms with Gasteiger partial charge >= 0.3 is 0 Å². The maximum absolute atomic E-state index is 4.63. The number of thiophene rings is 1. The highest BCUT2D eigenvalue weighted by Crippen LogP contribution is 2.20. The van der Waals surface area contributed by atoms with E-state index in [-0.39, 0.29) is 0 Å². The minimum atomic E-state index is 0.826. The lowest BCUT2D eigenvalue weighted by atomic mass is 10.1. The van der Waals surface area contributed by atoms with Gasteiger partial charge in [0.2, 0.25) is 0 Å². The van der Waals surface area contributed by atoms with Crippen LogP contribution in [-0.2, 0) is 6.54 Å². The van der Waals surface area contributed by atoms with Crippen molar-refractivity contribution in [3.63, 3.8) is 0 Å². The van der Waals surface area contributed by atoms with E-state index in [0.29, 0.717) is 0 Å². The minimum absolute atomic E-state index is 0.826. The maximum Gasteiger partial charge on any atom is 0.0931 e. The molecule has 0 saturated carbocycles. The summed E-state index contributed by atoms with van der Waals surface area (Å²) in [7, 11) is 0. The molecular formula is C16H16N2S. The van der Waals surface area contributed by atoms with Crippen LogP contribution in [0.4, 0.5) is 0 Å². The number of aromatic nitrogens is 2. The Bertz CT molecular complexity index is 660. The van der Waals surface area contributed by atoms with E-state index in [1.165, 1.54) is 22.3 Å². The van der Waals surface area contributed by atoms with Crippen molar-refractivity contribution in [1.29, 1.82) is 0 Å². The second kappa shape index (κ2) is 5.02. The highest BCUT2D eigenvalue weighted by molar-refractivity contribution is 7.08. The van der Waals surface area contributed by atoms with Crippen molar-refractivity contribution < 1.29 is 0 Å². The molecule has 0 N–H and O–H groups in total. The first-order valence-corrected chi connectivity index (χ1v) is 7.28. The van der Waals surface area contributed by atoms with Crippen molar-refractivity contribution in [3.05, 3.63) is 64.0 Å². The standard InChI is InChI=1S/C16H16N2S/c1-12-7-13(2)9-14(8-12)10-18-5-3-16(17-18)15-4-6-19-11-15/h3-9,11H,10H2,1-2H3. The van der Waals surface area contributed by atoms with E-state index in [9.17, 15) is 0 Å². The normalized spacial score (nSPS) is 10.8. The van der Waals surface area contributed by atoms with Crippen LogP contribution in [0.2, 0.25) is 0 Å². The molecule has 0 unspecified atom stereocenters. The summed E-state index contributed by atoms with van der Waals surface area (Å²) in [6.45, 7) is 5.10. The molecule has 3 rings (SSSR count). The largest absolute Gasteiger partial charge is 0.268 e. The van der Waals surface area contributed by atoms with Crippen LogP contribution in [0.1, 0.15) is 16.7 Å². The highest BCUT2D eigenvalue weighted by Gasteiger charge is 2.03. The molecule has 19 heavy (non-hydrogen) atoms. The predicted molar refractivity (Wildman–Crippen MR) is 80.6 cm³/mol. The van der Waals surface area contributed by atoms with Gasteiger partial charge in [-0.15, -0.1) is 0 Å². The van der Waals surface area contributed by atoms with Crippen LogP contribution >= 0.6 is 11.3 Å². The topological polar surface area (TPSA) is 17.8 Å². The second-order valence-electron chi connectivity index (χ2n) is 4.91. The smallest absolute Gasteiger partial charge is 0.0931 e. The predicted octanol–water partition coefficient (Wildman–Crippen LogP) is 4.28. The summed E-state index contributed by atoms with van der Waals surface area (Å²) in [5.41, 5.74) is 6.16. The first-order valence-electron chi connectivity index (χ1n) is 6.34. The third-order valence-corrected chi connectivity index (χ3v) is 3.77. The van der Waals surface area contributed by atoms with Crippen LogP contribution < -0.4 is 0 Å². The van der Waals surface area contributed by atoms with Crippen LogP contribution in [0.15, 0.2) is 47.3 Å². The molecule has 0 saturated heterocycles. The lowest BCUT2D eigenvalue weighted by molar-refractivity contribution is 0.688. The number of nitrogens with zero attached hydrogens (tertiary/aromatic N) is 2. The molecule has 0 aliphatic rings. The Morgan fingerprint density at radius 3 is 2.58 bits per heavy atom. The van der Waals surface area contributed by atoms with Gasteiger partial charge in [-0.1, -0.05) is 29.3 Å². The van der Waals surface area contributed by atoms with E-state index < -0.39 is 0 Å². The average Bonchev–Trinajstić information content (AvgIpc) is 2.96. The third kappa shape index (κ3) is 2.76. The van der Waals surface area contributed by atoms with Crippen molar-refractivity contribution in [2.45, 2.75) is 20.4 Å². The van der Waals surface area contributed by atoms with Gasteiger partial charge in [-0.3, -0.25) is 4.68 Å². The third-order valence-electron chi connectivity index (χ3n) is 3.08. The van der Waals surface area contributed by atoms with Crippen molar-refractivity contribution in [2.75, 3.05) is 0 Å². The lowest BCUT2D eigenvalue weighted by Gasteiger charge is -2.05. The molecule has 96 valence electrons. The summed E-state index contributed by atoms with van der Waals surface area (Å²) >= 11 is 1.70. The van der Waals surface area contributed by atoms with Gasteiger partial charge in [-0.25, -0.2) is 0 Å². The van der Waals surface area contributed by atoms with E-state index in [4.69, 9.17) is 0 Å². The monoisotopic (exact) mass is 268 g/mol. The highest BCUT2D eigenvalue weighted by atomic mass is 32.1. The van der Waals surface area contributed by atoms with Gasteiger partial charge in [0.15, 0.2) is 0 Å². The van der Waals surface area contributed by atoms with Gasteiger partial charge in [0.1, 0.15) is 0 Å². The fraction of sp³-hybridized carbons (Fsp3) is 0.188. The quantitative estimate of drug-likeness (QED) is 0.693. The zero-order valence-corrected chi connectivity index (χ0v) is 11.9. The summed E-state index contributed by atoms with van der Waals surface area (Å²) in [5.74, 6) is 0. The number of aryl methyl sites for hydroxylation is 2. The maximum atomic E-state index is 4.63. The number of hydrogen-bond donors (Lipinski definition) is 0. The fourth-order valence-electron chi connectivity index (χ4n) is 2.36. The average molecular weight is 268 g/mol. The fourth-order valence-corrected chi connectivity index (χ4v) is 3.01. The lowest BCUT2D eigenvalue weighted by Crippen LogP contribution is -2.01. The summed E-state index contributed by atoms with van der Waals surface area (Å²) in [6.07, 6.45) is 2.05. The molecule has 1 aromatic carbocycles. The van der Waals surface area contributed by atoms with Crippen molar-refractivity contribution in [1.82, 2.24) is 9.78 Å². The summed E-state index contributed by atoms with van der Waals surface area (Å²) < 4.78 is 2.00. The van der Waals surface area contributed by atoms with Gasteiger partial charge in [0.05, 0.1) is 12.2 Å². The van der Waals surface area contributed by atoms with Crippen molar-refractivity contribution in [2.24, 2.45) is 0 Å². The van der Waals surface area contributed by atoms with E-state index in [1.807, 2.05) is 10.9 Å². The van der Waals surface area contributed by atoms with E-state index in [2.05, 4.69) is 60.0 Å². The van der Waals surface area contributed by atoms with Crippen LogP contribution in [-0.4, -0.2) is 9.78 Å². The molecule has 2 heterocycles. The molecule has 0 amide bonds. The molecule has 0 fully saturated rings. The second-order valence-corrected chi connectivity index (χ2v) is 5.69.